The van der Waals surface area contributed by atoms with E-state index in [1.807, 2.05) is 18.2 Å². The lowest BCUT2D eigenvalue weighted by Crippen LogP contribution is -2.47. The van der Waals surface area contributed by atoms with Crippen LogP contribution in [0.15, 0.2) is 24.3 Å². The van der Waals surface area contributed by atoms with Crippen molar-refractivity contribution in [2.75, 3.05) is 36.8 Å². The van der Waals surface area contributed by atoms with Crippen LogP contribution in [-0.4, -0.2) is 47.1 Å². The predicted octanol–water partition coefficient (Wildman–Crippen LogP) is 1.50. The second-order valence-electron chi connectivity index (χ2n) is 5.68. The molecule has 0 radical (unpaired) electrons. The van der Waals surface area contributed by atoms with Crippen LogP contribution in [0.25, 0.3) is 10.9 Å². The molecule has 5 nitrogen and oxygen atoms in total. The average molecular weight is 269 g/mol. The molecular weight excluding hydrogens is 250 g/mol. The molecule has 0 bridgehead atoms. The van der Waals surface area contributed by atoms with Crippen LogP contribution in [0.2, 0.25) is 0 Å². The van der Waals surface area contributed by atoms with Gasteiger partial charge in [-0.2, -0.15) is 4.98 Å². The normalized spacial score (nSPS) is 20.5. The van der Waals surface area contributed by atoms with Gasteiger partial charge in [-0.1, -0.05) is 12.1 Å². The Hall–Kier alpha value is -1.88. The molecule has 1 aromatic carbocycles. The highest BCUT2D eigenvalue weighted by molar-refractivity contribution is 5.90. The van der Waals surface area contributed by atoms with Gasteiger partial charge in [-0.05, 0) is 25.0 Å². The first-order valence-electron chi connectivity index (χ1n) is 7.32. The molecule has 2 aliphatic rings. The van der Waals surface area contributed by atoms with E-state index < -0.39 is 0 Å². The van der Waals surface area contributed by atoms with E-state index in [2.05, 4.69) is 25.8 Å². The Morgan fingerprint density at radius 1 is 1.00 bits per heavy atom. The first-order chi connectivity index (χ1) is 9.81. The van der Waals surface area contributed by atoms with E-state index >= 15 is 0 Å². The Labute approximate surface area is 118 Å². The highest BCUT2D eigenvalue weighted by Crippen LogP contribution is 2.30. The number of hydrogen-bond donors (Lipinski definition) is 1. The standard InChI is InChI=1S/C15H19N5/c16-15-17-13-4-2-1-3-12(13)14(18-15)20-9-7-19(8-10-20)11-5-6-11/h1-4,11H,5-10H2,(H2,16,17,18). The minimum absolute atomic E-state index is 0.364. The number of hydrogen-bond acceptors (Lipinski definition) is 5. The van der Waals surface area contributed by atoms with Crippen molar-refractivity contribution in [2.24, 2.45) is 0 Å². The molecule has 0 atom stereocenters. The predicted molar refractivity (Wildman–Crippen MR) is 80.8 cm³/mol. The Balaban J connectivity index is 1.64. The van der Waals surface area contributed by atoms with Crippen molar-refractivity contribution < 1.29 is 0 Å². The van der Waals surface area contributed by atoms with Crippen LogP contribution in [0.1, 0.15) is 12.8 Å². The van der Waals surface area contributed by atoms with E-state index in [9.17, 15) is 0 Å². The average Bonchev–Trinajstić information content (AvgIpc) is 3.31. The molecule has 0 spiro atoms. The second kappa shape index (κ2) is 4.59. The summed E-state index contributed by atoms with van der Waals surface area (Å²) in [6.07, 6.45) is 2.76. The summed E-state index contributed by atoms with van der Waals surface area (Å²) in [5.74, 6) is 1.35. The lowest BCUT2D eigenvalue weighted by molar-refractivity contribution is 0.248. The van der Waals surface area contributed by atoms with Gasteiger partial charge in [0.15, 0.2) is 0 Å². The summed E-state index contributed by atoms with van der Waals surface area (Å²) in [7, 11) is 0. The third-order valence-corrected chi connectivity index (χ3v) is 4.28. The van der Waals surface area contributed by atoms with E-state index in [1.54, 1.807) is 0 Å². The van der Waals surface area contributed by atoms with Crippen molar-refractivity contribution in [1.82, 2.24) is 14.9 Å². The second-order valence-corrected chi connectivity index (χ2v) is 5.68. The number of nitrogens with two attached hydrogens (primary N) is 1. The highest BCUT2D eigenvalue weighted by atomic mass is 15.3. The van der Waals surface area contributed by atoms with Crippen LogP contribution < -0.4 is 10.6 Å². The van der Waals surface area contributed by atoms with Crippen LogP contribution in [0.5, 0.6) is 0 Å². The summed E-state index contributed by atoms with van der Waals surface area (Å²) in [6.45, 7) is 4.31. The molecule has 104 valence electrons. The zero-order valence-corrected chi connectivity index (χ0v) is 11.5. The van der Waals surface area contributed by atoms with E-state index in [1.165, 1.54) is 12.8 Å². The molecule has 2 N–H and O–H groups in total. The van der Waals surface area contributed by atoms with Gasteiger partial charge in [0.05, 0.1) is 5.52 Å². The van der Waals surface area contributed by atoms with Crippen LogP contribution in [0, 0.1) is 0 Å². The van der Waals surface area contributed by atoms with E-state index in [0.29, 0.717) is 5.95 Å². The van der Waals surface area contributed by atoms with Gasteiger partial charge in [0.2, 0.25) is 5.95 Å². The molecule has 1 saturated carbocycles. The molecule has 1 aromatic heterocycles. The molecule has 20 heavy (non-hydrogen) atoms. The Morgan fingerprint density at radius 2 is 1.75 bits per heavy atom. The molecule has 1 saturated heterocycles. The topological polar surface area (TPSA) is 58.3 Å². The number of piperazine rings is 1. The van der Waals surface area contributed by atoms with Crippen molar-refractivity contribution >= 4 is 22.7 Å². The van der Waals surface area contributed by atoms with Crippen molar-refractivity contribution in [3.8, 4) is 0 Å². The molecule has 2 aromatic rings. The van der Waals surface area contributed by atoms with E-state index in [-0.39, 0.29) is 0 Å². The third kappa shape index (κ3) is 2.08. The van der Waals surface area contributed by atoms with Gasteiger partial charge in [-0.3, -0.25) is 4.90 Å². The minimum Gasteiger partial charge on any atom is -0.368 e. The van der Waals surface area contributed by atoms with Gasteiger partial charge in [0.1, 0.15) is 5.82 Å². The molecule has 0 unspecified atom stereocenters. The number of rotatable bonds is 2. The number of para-hydroxylation sites is 1. The number of nitrogen functional groups attached to an aromatic ring is 1. The Kier molecular flexibility index (Phi) is 2.73. The van der Waals surface area contributed by atoms with Gasteiger partial charge in [-0.25, -0.2) is 4.98 Å². The molecule has 4 rings (SSSR count). The van der Waals surface area contributed by atoms with Crippen molar-refractivity contribution in [2.45, 2.75) is 18.9 Å². The molecule has 5 heteroatoms. The summed E-state index contributed by atoms with van der Waals surface area (Å²) < 4.78 is 0. The summed E-state index contributed by atoms with van der Waals surface area (Å²) in [5.41, 5.74) is 6.79. The largest absolute Gasteiger partial charge is 0.368 e. The fourth-order valence-electron chi connectivity index (χ4n) is 3.06. The quantitative estimate of drug-likeness (QED) is 0.895. The van der Waals surface area contributed by atoms with Crippen LogP contribution in [-0.2, 0) is 0 Å². The Bertz CT molecular complexity index is 629. The first-order valence-corrected chi connectivity index (χ1v) is 7.32. The number of benzene rings is 1. The van der Waals surface area contributed by atoms with E-state index in [0.717, 1.165) is 48.9 Å². The smallest absolute Gasteiger partial charge is 0.222 e. The summed E-state index contributed by atoms with van der Waals surface area (Å²) >= 11 is 0. The monoisotopic (exact) mass is 269 g/mol. The Morgan fingerprint density at radius 3 is 2.50 bits per heavy atom. The third-order valence-electron chi connectivity index (χ3n) is 4.28. The van der Waals surface area contributed by atoms with Gasteiger partial charge < -0.3 is 10.6 Å². The zero-order chi connectivity index (χ0) is 13.5. The molecule has 1 aliphatic carbocycles. The number of aromatic nitrogens is 2. The fourth-order valence-corrected chi connectivity index (χ4v) is 3.06. The fraction of sp³-hybridized carbons (Fsp3) is 0.467. The lowest BCUT2D eigenvalue weighted by atomic mass is 10.2. The van der Waals surface area contributed by atoms with Crippen molar-refractivity contribution in [3.05, 3.63) is 24.3 Å². The summed E-state index contributed by atoms with van der Waals surface area (Å²) in [5, 5.41) is 1.10. The summed E-state index contributed by atoms with van der Waals surface area (Å²) in [4.78, 5) is 13.7. The number of anilines is 2. The zero-order valence-electron chi connectivity index (χ0n) is 11.5. The maximum atomic E-state index is 5.86. The van der Waals surface area contributed by atoms with Crippen LogP contribution >= 0.6 is 0 Å². The maximum Gasteiger partial charge on any atom is 0.222 e. The molecular formula is C15H19N5. The van der Waals surface area contributed by atoms with Gasteiger partial charge in [0, 0.05) is 37.6 Å². The molecule has 0 amide bonds. The molecule has 2 fully saturated rings. The molecule has 2 heterocycles. The highest BCUT2D eigenvalue weighted by Gasteiger charge is 2.31. The van der Waals surface area contributed by atoms with Crippen LogP contribution in [0.4, 0.5) is 11.8 Å². The van der Waals surface area contributed by atoms with Crippen molar-refractivity contribution in [3.63, 3.8) is 0 Å². The number of nitrogens with zero attached hydrogens (tertiary/aromatic N) is 4. The van der Waals surface area contributed by atoms with E-state index in [4.69, 9.17) is 5.73 Å². The first kappa shape index (κ1) is 11.9. The van der Waals surface area contributed by atoms with Crippen LogP contribution in [0.3, 0.4) is 0 Å². The van der Waals surface area contributed by atoms with Gasteiger partial charge >= 0.3 is 0 Å². The SMILES string of the molecule is Nc1nc(N2CCN(C3CC3)CC2)c2ccccc2n1. The summed E-state index contributed by atoms with van der Waals surface area (Å²) in [6, 6.07) is 8.95. The maximum absolute atomic E-state index is 5.86. The van der Waals surface area contributed by atoms with Gasteiger partial charge in [0.25, 0.3) is 0 Å². The molecule has 1 aliphatic heterocycles. The minimum atomic E-state index is 0.364. The van der Waals surface area contributed by atoms with Gasteiger partial charge in [-0.15, -0.1) is 0 Å². The lowest BCUT2D eigenvalue weighted by Gasteiger charge is -2.35. The number of fused-ring (bicyclic) bond motifs is 1. The van der Waals surface area contributed by atoms with Crippen molar-refractivity contribution in [1.29, 1.82) is 0 Å².